The lowest BCUT2D eigenvalue weighted by Crippen LogP contribution is -2.42. The average molecular weight is 463 g/mol. The molecule has 1 aromatic carbocycles. The van der Waals surface area contributed by atoms with Crippen LogP contribution in [0.5, 0.6) is 5.75 Å². The van der Waals surface area contributed by atoms with E-state index in [2.05, 4.69) is 10.6 Å². The normalized spacial score (nSPS) is 12.2. The number of hydrogen-bond donors (Lipinski definition) is 2. The Morgan fingerprint density at radius 1 is 1.06 bits per heavy atom. The van der Waals surface area contributed by atoms with Gasteiger partial charge in [0, 0.05) is 13.1 Å². The van der Waals surface area contributed by atoms with Gasteiger partial charge < -0.3 is 19.8 Å². The Balaban J connectivity index is 1.56. The highest BCUT2D eigenvalue weighted by molar-refractivity contribution is 7.93. The van der Waals surface area contributed by atoms with Crippen LogP contribution in [0.2, 0.25) is 0 Å². The van der Waals surface area contributed by atoms with Crippen LogP contribution in [0.1, 0.15) is 16.6 Å². The lowest BCUT2D eigenvalue weighted by atomic mass is 10.1. The number of carbonyl (C=O) groups excluding carboxylic acids is 2. The van der Waals surface area contributed by atoms with E-state index < -0.39 is 26.9 Å². The molecule has 164 valence electrons. The number of ether oxygens (including phenoxy) is 1. The van der Waals surface area contributed by atoms with Gasteiger partial charge in [-0.3, -0.25) is 9.59 Å². The van der Waals surface area contributed by atoms with E-state index in [1.807, 2.05) is 24.3 Å². The zero-order valence-electron chi connectivity index (χ0n) is 16.7. The Morgan fingerprint density at radius 2 is 1.81 bits per heavy atom. The second-order valence-electron chi connectivity index (χ2n) is 6.55. The average Bonchev–Trinajstić information content (AvgIpc) is 3.49. The summed E-state index contributed by atoms with van der Waals surface area (Å²) in [4.78, 5) is 24.3. The lowest BCUT2D eigenvalue weighted by molar-refractivity contribution is -0.139. The van der Waals surface area contributed by atoms with Crippen LogP contribution < -0.4 is 15.4 Å². The highest BCUT2D eigenvalue weighted by Gasteiger charge is 2.33. The van der Waals surface area contributed by atoms with Crippen LogP contribution in [0.3, 0.4) is 0 Å². The number of methoxy groups -OCH3 is 1. The molecule has 0 bridgehead atoms. The summed E-state index contributed by atoms with van der Waals surface area (Å²) in [6.45, 7) is -0.0355. The van der Waals surface area contributed by atoms with Gasteiger partial charge in [0.25, 0.3) is 0 Å². The molecule has 10 heteroatoms. The molecule has 0 aliphatic heterocycles. The highest BCUT2D eigenvalue weighted by atomic mass is 32.2. The number of rotatable bonds is 9. The third kappa shape index (κ3) is 5.74. The summed E-state index contributed by atoms with van der Waals surface area (Å²) in [6, 6.07) is 13.6. The first-order chi connectivity index (χ1) is 14.9. The summed E-state index contributed by atoms with van der Waals surface area (Å²) in [7, 11) is -2.21. The molecule has 0 saturated heterocycles. The van der Waals surface area contributed by atoms with E-state index in [4.69, 9.17) is 9.15 Å². The minimum absolute atomic E-state index is 0.159. The molecule has 0 spiro atoms. The van der Waals surface area contributed by atoms with Gasteiger partial charge in [0.15, 0.2) is 9.84 Å². The van der Waals surface area contributed by atoms with Crippen LogP contribution in [0, 0.1) is 0 Å². The molecule has 1 atom stereocenters. The van der Waals surface area contributed by atoms with Gasteiger partial charge in [-0.15, -0.1) is 11.3 Å². The summed E-state index contributed by atoms with van der Waals surface area (Å²) in [5, 5.41) is 5.44. The number of nitrogens with one attached hydrogen (secondary N) is 2. The molecule has 2 aromatic heterocycles. The number of benzene rings is 1. The molecule has 0 aliphatic carbocycles. The SMILES string of the molecule is COc1ccc(CCNC(=O)C(=O)NC[C@@H](c2ccco2)S(=O)(=O)c2cccs2)cc1. The number of hydrogen-bond acceptors (Lipinski definition) is 7. The third-order valence-corrected chi connectivity index (χ3v) is 8.02. The Morgan fingerprint density at radius 3 is 2.42 bits per heavy atom. The maximum atomic E-state index is 12.9. The molecule has 0 fully saturated rings. The maximum absolute atomic E-state index is 12.9. The second kappa shape index (κ2) is 10.3. The van der Waals surface area contributed by atoms with E-state index in [0.29, 0.717) is 6.42 Å². The molecular formula is C21H22N2O6S2. The van der Waals surface area contributed by atoms with Gasteiger partial charge in [-0.1, -0.05) is 18.2 Å². The van der Waals surface area contributed by atoms with Crippen LogP contribution in [-0.2, 0) is 25.8 Å². The smallest absolute Gasteiger partial charge is 0.309 e. The van der Waals surface area contributed by atoms with Crippen molar-refractivity contribution in [1.29, 1.82) is 0 Å². The van der Waals surface area contributed by atoms with Crippen molar-refractivity contribution < 1.29 is 27.2 Å². The highest BCUT2D eigenvalue weighted by Crippen LogP contribution is 2.31. The zero-order valence-corrected chi connectivity index (χ0v) is 18.4. The molecule has 2 N–H and O–H groups in total. The molecule has 2 heterocycles. The van der Waals surface area contributed by atoms with Crippen molar-refractivity contribution in [2.45, 2.75) is 15.9 Å². The fourth-order valence-corrected chi connectivity index (χ4v) is 5.65. The number of amides is 2. The minimum Gasteiger partial charge on any atom is -0.497 e. The second-order valence-corrected chi connectivity index (χ2v) is 9.85. The molecule has 3 rings (SSSR count). The molecule has 0 unspecified atom stereocenters. The van der Waals surface area contributed by atoms with Crippen LogP contribution in [0.25, 0.3) is 0 Å². The molecule has 0 aliphatic rings. The third-order valence-electron chi connectivity index (χ3n) is 4.52. The summed E-state index contributed by atoms with van der Waals surface area (Å²) in [5.74, 6) is -0.822. The van der Waals surface area contributed by atoms with Crippen molar-refractivity contribution in [1.82, 2.24) is 10.6 Å². The van der Waals surface area contributed by atoms with Crippen LogP contribution in [-0.4, -0.2) is 40.4 Å². The van der Waals surface area contributed by atoms with Gasteiger partial charge in [-0.05, 0) is 47.7 Å². The largest absolute Gasteiger partial charge is 0.497 e. The van der Waals surface area contributed by atoms with Crippen molar-refractivity contribution >= 4 is 33.0 Å². The molecule has 0 radical (unpaired) electrons. The van der Waals surface area contributed by atoms with Gasteiger partial charge in [-0.2, -0.15) is 0 Å². The Bertz CT molecular complexity index is 1090. The minimum atomic E-state index is -3.79. The van der Waals surface area contributed by atoms with Gasteiger partial charge >= 0.3 is 11.8 Å². The first kappa shape index (κ1) is 22.6. The summed E-state index contributed by atoms with van der Waals surface area (Å²) >= 11 is 1.08. The van der Waals surface area contributed by atoms with Gasteiger partial charge in [0.1, 0.15) is 21.0 Å². The van der Waals surface area contributed by atoms with Crippen molar-refractivity contribution in [3.8, 4) is 5.75 Å². The van der Waals surface area contributed by atoms with E-state index in [1.54, 1.807) is 24.6 Å². The van der Waals surface area contributed by atoms with Crippen molar-refractivity contribution in [2.24, 2.45) is 0 Å². The molecule has 2 amide bonds. The van der Waals surface area contributed by atoms with Gasteiger partial charge in [0.2, 0.25) is 0 Å². The van der Waals surface area contributed by atoms with E-state index in [9.17, 15) is 18.0 Å². The van der Waals surface area contributed by atoms with Crippen molar-refractivity contribution in [2.75, 3.05) is 20.2 Å². The fourth-order valence-electron chi connectivity index (χ4n) is 2.86. The summed E-state index contributed by atoms with van der Waals surface area (Å²) in [5.41, 5.74) is 0.974. The van der Waals surface area contributed by atoms with E-state index >= 15 is 0 Å². The molecule has 3 aromatic rings. The number of furan rings is 1. The predicted octanol–water partition coefficient (Wildman–Crippen LogP) is 2.34. The predicted molar refractivity (Wildman–Crippen MR) is 116 cm³/mol. The van der Waals surface area contributed by atoms with E-state index in [0.717, 1.165) is 22.6 Å². The molecule has 0 saturated carbocycles. The Labute approximate surface area is 184 Å². The van der Waals surface area contributed by atoms with E-state index in [-0.39, 0.29) is 23.1 Å². The first-order valence-corrected chi connectivity index (χ1v) is 11.8. The fraction of sp³-hybridized carbons (Fsp3) is 0.238. The van der Waals surface area contributed by atoms with Gasteiger partial charge in [-0.25, -0.2) is 8.42 Å². The first-order valence-electron chi connectivity index (χ1n) is 9.41. The Kier molecular flexibility index (Phi) is 7.48. The lowest BCUT2D eigenvalue weighted by Gasteiger charge is -2.15. The quantitative estimate of drug-likeness (QED) is 0.472. The number of sulfone groups is 1. The van der Waals surface area contributed by atoms with Crippen molar-refractivity contribution in [3.63, 3.8) is 0 Å². The molecular weight excluding hydrogens is 440 g/mol. The molecule has 31 heavy (non-hydrogen) atoms. The topological polar surface area (TPSA) is 115 Å². The summed E-state index contributed by atoms with van der Waals surface area (Å²) in [6.07, 6.45) is 1.89. The van der Waals surface area contributed by atoms with Crippen LogP contribution in [0.4, 0.5) is 0 Å². The summed E-state index contributed by atoms with van der Waals surface area (Å²) < 4.78 is 36.4. The Hall–Kier alpha value is -3.11. The van der Waals surface area contributed by atoms with E-state index in [1.165, 1.54) is 18.4 Å². The van der Waals surface area contributed by atoms with Crippen LogP contribution >= 0.6 is 11.3 Å². The molecule has 8 nitrogen and oxygen atoms in total. The maximum Gasteiger partial charge on any atom is 0.309 e. The number of thiophene rings is 1. The monoisotopic (exact) mass is 462 g/mol. The van der Waals surface area contributed by atoms with Crippen LogP contribution in [0.15, 0.2) is 68.8 Å². The number of carbonyl (C=O) groups is 2. The van der Waals surface area contributed by atoms with Gasteiger partial charge in [0.05, 0.1) is 13.4 Å². The zero-order chi connectivity index (χ0) is 22.3. The standard InChI is InChI=1S/C21H22N2O6S2/c1-28-16-8-6-15(7-9-16)10-11-22-20(24)21(25)23-14-18(17-4-2-12-29-17)31(26,27)19-5-3-13-30-19/h2-9,12-13,18H,10-11,14H2,1H3,(H,22,24)(H,23,25)/t18-/m0/s1. The van der Waals surface area contributed by atoms with Crippen molar-refractivity contribution in [3.05, 3.63) is 71.5 Å².